The fraction of sp³-hybridized carbons (Fsp3) is 0.263. The Morgan fingerprint density at radius 2 is 1.52 bits per heavy atom. The highest BCUT2D eigenvalue weighted by molar-refractivity contribution is 8.01. The summed E-state index contributed by atoms with van der Waals surface area (Å²) in [6, 6.07) is 9.01. The summed E-state index contributed by atoms with van der Waals surface area (Å²) in [5, 5.41) is 11.8. The van der Waals surface area contributed by atoms with E-state index in [9.17, 15) is 5.11 Å². The van der Waals surface area contributed by atoms with Gasteiger partial charge in [-0.3, -0.25) is 0 Å². The van der Waals surface area contributed by atoms with Gasteiger partial charge in [0.2, 0.25) is 0 Å². The molecule has 0 aliphatic carbocycles. The molecule has 0 heterocycles. The van der Waals surface area contributed by atoms with E-state index >= 15 is 0 Å². The molecule has 0 fully saturated rings. The standard InChI is InChI=1S/C19H22O5S/c1-21-14-10-18(23-3)15(19(11-14)24-4)7-8-25-12-13-5-6-17(22-2)16(20)9-13/h5-11,20H,12H2,1-4H3/b8-7-. The zero-order valence-corrected chi connectivity index (χ0v) is 15.6. The van der Waals surface area contributed by atoms with Crippen LogP contribution >= 0.6 is 11.8 Å². The van der Waals surface area contributed by atoms with Crippen molar-refractivity contribution in [1.82, 2.24) is 0 Å². The number of benzene rings is 2. The van der Waals surface area contributed by atoms with E-state index in [1.807, 2.05) is 29.7 Å². The number of hydrogen-bond donors (Lipinski definition) is 1. The summed E-state index contributed by atoms with van der Waals surface area (Å²) in [5.41, 5.74) is 1.84. The van der Waals surface area contributed by atoms with E-state index in [-0.39, 0.29) is 5.75 Å². The van der Waals surface area contributed by atoms with Gasteiger partial charge in [-0.05, 0) is 29.2 Å². The molecule has 2 rings (SSSR count). The zero-order valence-electron chi connectivity index (χ0n) is 14.7. The van der Waals surface area contributed by atoms with Crippen LogP contribution in [0, 0.1) is 0 Å². The summed E-state index contributed by atoms with van der Waals surface area (Å²) < 4.78 is 21.1. The molecule has 0 aliphatic rings. The lowest BCUT2D eigenvalue weighted by molar-refractivity contribution is 0.373. The molecule has 0 aromatic heterocycles. The van der Waals surface area contributed by atoms with E-state index in [1.54, 1.807) is 45.2 Å². The van der Waals surface area contributed by atoms with E-state index in [1.165, 1.54) is 7.11 Å². The molecule has 0 bridgehead atoms. The van der Waals surface area contributed by atoms with Crippen molar-refractivity contribution in [2.45, 2.75) is 5.75 Å². The monoisotopic (exact) mass is 362 g/mol. The topological polar surface area (TPSA) is 57.2 Å². The average molecular weight is 362 g/mol. The number of phenolic OH excluding ortho intramolecular Hbond substituents is 1. The summed E-state index contributed by atoms with van der Waals surface area (Å²) in [6.45, 7) is 0. The zero-order chi connectivity index (χ0) is 18.2. The molecule has 0 radical (unpaired) electrons. The van der Waals surface area contributed by atoms with Gasteiger partial charge in [0.25, 0.3) is 0 Å². The van der Waals surface area contributed by atoms with Gasteiger partial charge in [-0.25, -0.2) is 0 Å². The molecule has 6 heteroatoms. The summed E-state index contributed by atoms with van der Waals surface area (Å²) in [4.78, 5) is 0. The molecule has 1 N–H and O–H groups in total. The third kappa shape index (κ3) is 4.76. The Hall–Kier alpha value is -2.47. The minimum Gasteiger partial charge on any atom is -0.504 e. The second-order valence-electron chi connectivity index (χ2n) is 5.07. The third-order valence-electron chi connectivity index (χ3n) is 3.58. The minimum absolute atomic E-state index is 0.142. The largest absolute Gasteiger partial charge is 0.504 e. The van der Waals surface area contributed by atoms with Crippen molar-refractivity contribution < 1.29 is 24.1 Å². The third-order valence-corrected chi connectivity index (χ3v) is 4.41. The average Bonchev–Trinajstić information content (AvgIpc) is 2.64. The van der Waals surface area contributed by atoms with E-state index in [2.05, 4.69) is 0 Å². The van der Waals surface area contributed by atoms with E-state index in [4.69, 9.17) is 18.9 Å². The summed E-state index contributed by atoms with van der Waals surface area (Å²) in [6.07, 6.45) is 1.94. The molecule has 2 aromatic carbocycles. The highest BCUT2D eigenvalue weighted by Gasteiger charge is 2.10. The fourth-order valence-electron chi connectivity index (χ4n) is 2.28. The molecule has 5 nitrogen and oxygen atoms in total. The fourth-order valence-corrected chi connectivity index (χ4v) is 2.98. The molecule has 0 unspecified atom stereocenters. The quantitative estimate of drug-likeness (QED) is 0.754. The smallest absolute Gasteiger partial charge is 0.160 e. The van der Waals surface area contributed by atoms with Crippen LogP contribution in [0.3, 0.4) is 0 Å². The van der Waals surface area contributed by atoms with Gasteiger partial charge >= 0.3 is 0 Å². The maximum absolute atomic E-state index is 9.81. The Morgan fingerprint density at radius 3 is 2.04 bits per heavy atom. The SMILES string of the molecule is COc1cc(OC)c(/C=C\SCc2ccc(OC)c(O)c2)c(OC)c1. The van der Waals surface area contributed by atoms with Crippen LogP contribution in [0.5, 0.6) is 28.7 Å². The number of ether oxygens (including phenoxy) is 4. The van der Waals surface area contributed by atoms with Crippen LogP contribution in [0.25, 0.3) is 6.08 Å². The molecule has 0 saturated carbocycles. The van der Waals surface area contributed by atoms with E-state index < -0.39 is 0 Å². The number of phenols is 1. The molecule has 0 spiro atoms. The highest BCUT2D eigenvalue weighted by atomic mass is 32.2. The van der Waals surface area contributed by atoms with Gasteiger partial charge in [0.1, 0.15) is 17.2 Å². The van der Waals surface area contributed by atoms with E-state index in [0.717, 1.165) is 16.9 Å². The van der Waals surface area contributed by atoms with E-state index in [0.29, 0.717) is 23.0 Å². The van der Waals surface area contributed by atoms with Gasteiger partial charge in [-0.2, -0.15) is 0 Å². The summed E-state index contributed by atoms with van der Waals surface area (Å²) in [7, 11) is 6.35. The van der Waals surface area contributed by atoms with Crippen molar-refractivity contribution in [3.05, 3.63) is 46.9 Å². The second kappa shape index (κ2) is 9.13. The van der Waals surface area contributed by atoms with Crippen LogP contribution < -0.4 is 18.9 Å². The Bertz CT molecular complexity index is 718. The first-order chi connectivity index (χ1) is 12.1. The van der Waals surface area contributed by atoms with Gasteiger partial charge in [-0.15, -0.1) is 11.8 Å². The Morgan fingerprint density at radius 1 is 0.880 bits per heavy atom. The van der Waals surface area contributed by atoms with Crippen molar-refractivity contribution in [3.63, 3.8) is 0 Å². The minimum atomic E-state index is 0.142. The predicted molar refractivity (Wildman–Crippen MR) is 101 cm³/mol. The molecule has 0 amide bonds. The van der Waals surface area contributed by atoms with Crippen molar-refractivity contribution in [2.75, 3.05) is 28.4 Å². The Kier molecular flexibility index (Phi) is 6.89. The molecule has 0 aliphatic heterocycles. The van der Waals surface area contributed by atoms with Crippen LogP contribution in [0.2, 0.25) is 0 Å². The van der Waals surface area contributed by atoms with Crippen LogP contribution in [-0.4, -0.2) is 33.5 Å². The first-order valence-corrected chi connectivity index (χ1v) is 8.61. The van der Waals surface area contributed by atoms with Crippen LogP contribution in [0.4, 0.5) is 0 Å². The van der Waals surface area contributed by atoms with Gasteiger partial charge in [0, 0.05) is 17.9 Å². The maximum Gasteiger partial charge on any atom is 0.160 e. The molecular formula is C19H22O5S. The number of thioether (sulfide) groups is 1. The van der Waals surface area contributed by atoms with Crippen molar-refractivity contribution >= 4 is 17.8 Å². The summed E-state index contributed by atoms with van der Waals surface area (Å²) >= 11 is 1.60. The lowest BCUT2D eigenvalue weighted by atomic mass is 10.1. The van der Waals surface area contributed by atoms with Gasteiger partial charge in [0.15, 0.2) is 11.5 Å². The number of methoxy groups -OCH3 is 4. The highest BCUT2D eigenvalue weighted by Crippen LogP contribution is 2.36. The second-order valence-corrected chi connectivity index (χ2v) is 5.96. The maximum atomic E-state index is 9.81. The molecule has 2 aromatic rings. The van der Waals surface area contributed by atoms with Gasteiger partial charge < -0.3 is 24.1 Å². The Labute approximate surface area is 152 Å². The van der Waals surface area contributed by atoms with Crippen molar-refractivity contribution in [3.8, 4) is 28.7 Å². The number of hydrogen-bond acceptors (Lipinski definition) is 6. The molecular weight excluding hydrogens is 340 g/mol. The Balaban J connectivity index is 2.10. The van der Waals surface area contributed by atoms with Gasteiger partial charge in [0.05, 0.1) is 34.0 Å². The lowest BCUT2D eigenvalue weighted by Gasteiger charge is -2.12. The number of aromatic hydroxyl groups is 1. The number of rotatable bonds is 8. The first kappa shape index (κ1) is 18.9. The predicted octanol–water partition coefficient (Wildman–Crippen LogP) is 4.33. The van der Waals surface area contributed by atoms with Crippen molar-refractivity contribution in [2.24, 2.45) is 0 Å². The molecule has 134 valence electrons. The lowest BCUT2D eigenvalue weighted by Crippen LogP contribution is -1.94. The van der Waals surface area contributed by atoms with Crippen molar-refractivity contribution in [1.29, 1.82) is 0 Å². The van der Waals surface area contributed by atoms with Crippen LogP contribution in [-0.2, 0) is 5.75 Å². The first-order valence-electron chi connectivity index (χ1n) is 7.57. The summed E-state index contributed by atoms with van der Waals surface area (Å²) in [5.74, 6) is 3.35. The van der Waals surface area contributed by atoms with Crippen LogP contribution in [0.15, 0.2) is 35.7 Å². The normalized spacial score (nSPS) is 10.7. The van der Waals surface area contributed by atoms with Crippen LogP contribution in [0.1, 0.15) is 11.1 Å². The van der Waals surface area contributed by atoms with Gasteiger partial charge in [-0.1, -0.05) is 6.07 Å². The molecule has 0 saturated heterocycles. The molecule has 25 heavy (non-hydrogen) atoms. The molecule has 0 atom stereocenters.